The number of nitrogens with one attached hydrogen (secondary N) is 2. The molecule has 1 saturated heterocycles. The average Bonchev–Trinajstić information content (AvgIpc) is 4.05. The number of hydrogen-bond acceptors (Lipinski definition) is 10. The van der Waals surface area contributed by atoms with Gasteiger partial charge in [-0.2, -0.15) is 0 Å². The smallest absolute Gasteiger partial charge is 0.407 e. The van der Waals surface area contributed by atoms with Gasteiger partial charge in [0.25, 0.3) is 0 Å². The minimum Gasteiger partial charge on any atom is -0.449 e. The Balaban J connectivity index is 1.15. The number of carbonyl (C=O) groups is 2. The summed E-state index contributed by atoms with van der Waals surface area (Å²) in [5, 5.41) is 8.26. The van der Waals surface area contributed by atoms with Crippen LogP contribution in [0.2, 0.25) is 36.3 Å². The fourth-order valence-corrected chi connectivity index (χ4v) is 11.8. The zero-order valence-electron chi connectivity index (χ0n) is 46.4. The second kappa shape index (κ2) is 23.2. The number of ether oxygens (including phenoxy) is 2. The molecule has 3 heterocycles. The third-order valence-electron chi connectivity index (χ3n) is 16.1. The van der Waals surface area contributed by atoms with E-state index < -0.39 is 59.2 Å². The molecule has 16 heteroatoms. The van der Waals surface area contributed by atoms with Gasteiger partial charge in [0.05, 0.1) is 25.3 Å². The van der Waals surface area contributed by atoms with Crippen LogP contribution in [-0.4, -0.2) is 110 Å². The number of hydrogen-bond donors (Lipinski definition) is 2. The maximum Gasteiger partial charge on any atom is 0.407 e. The van der Waals surface area contributed by atoms with Gasteiger partial charge in [0.1, 0.15) is 31.2 Å². The third-order valence-corrected chi connectivity index (χ3v) is 25.0. The predicted octanol–water partition coefficient (Wildman–Crippen LogP) is 12.5. The molecule has 14 nitrogen and oxygen atoms in total. The Hall–Kier alpha value is -5.79. The zero-order chi connectivity index (χ0) is 53.7. The van der Waals surface area contributed by atoms with Gasteiger partial charge in [-0.1, -0.05) is 159 Å². The molecule has 5 atom stereocenters. The van der Waals surface area contributed by atoms with E-state index in [9.17, 15) is 4.79 Å². The van der Waals surface area contributed by atoms with Crippen LogP contribution in [0.4, 0.5) is 10.6 Å². The Bertz CT molecular complexity index is 2910. The van der Waals surface area contributed by atoms with Crippen LogP contribution in [0, 0.1) is 0 Å². The number of alkyl carbamates (subject to hydrolysis) is 1. The van der Waals surface area contributed by atoms with Crippen LogP contribution >= 0.6 is 0 Å². The van der Waals surface area contributed by atoms with E-state index in [2.05, 4.69) is 145 Å². The number of nitrogens with zero attached hydrogens (tertiary/aromatic N) is 6. The number of amides is 2. The average molecular weight is 1050 g/mol. The van der Waals surface area contributed by atoms with Crippen molar-refractivity contribution in [2.45, 2.75) is 160 Å². The summed E-state index contributed by atoms with van der Waals surface area (Å²) in [6.07, 6.45) is 6.69. The largest absolute Gasteiger partial charge is 0.449 e. The summed E-state index contributed by atoms with van der Waals surface area (Å²) in [4.78, 5) is 51.1. The standard InChI is InChI=1S/C59H80N8O6Si2/c1-13-15-31-66(32-16-14-2)38-63-53-51-54(61-37-60-53)67(39-62-51)56-52(73-75(11,12)59(6,7)8)50(49(72-56)36-71-74(9,10)58(3,4)5)65-55(68)48(34-40-29-30-41-23-17-18-24-42(41)33-40)64-57(69)70-35-47-45-27-21-19-25-43(45)44-26-20-22-28-46(44)47/h17-30,33,37-39,47-50,52,56H,13-16,31-32,34-36H2,1-12H3,(H,64,69)(H,65,68)/b63-38+/t48-,49+,50+,52+,56+/m0/s1. The van der Waals surface area contributed by atoms with E-state index in [1.807, 2.05) is 59.4 Å². The van der Waals surface area contributed by atoms with E-state index in [0.717, 1.165) is 77.4 Å². The van der Waals surface area contributed by atoms with Crippen LogP contribution in [0.15, 0.2) is 109 Å². The molecule has 400 valence electrons. The molecule has 0 radical (unpaired) electrons. The lowest BCUT2D eigenvalue weighted by Crippen LogP contribution is -2.58. The molecule has 4 aromatic carbocycles. The highest BCUT2D eigenvalue weighted by Crippen LogP contribution is 2.46. The molecule has 6 aromatic rings. The molecule has 2 aliphatic rings. The molecule has 75 heavy (non-hydrogen) atoms. The molecule has 1 aliphatic carbocycles. The number of aromatic nitrogens is 4. The highest BCUT2D eigenvalue weighted by atomic mass is 28.4. The van der Waals surface area contributed by atoms with Crippen LogP contribution in [0.3, 0.4) is 0 Å². The van der Waals surface area contributed by atoms with Crippen LogP contribution in [0.1, 0.15) is 110 Å². The second-order valence-electron chi connectivity index (χ2n) is 23.4. The summed E-state index contributed by atoms with van der Waals surface area (Å²) >= 11 is 0. The van der Waals surface area contributed by atoms with E-state index in [4.69, 9.17) is 33.3 Å². The lowest BCUT2D eigenvalue weighted by Gasteiger charge is -2.41. The molecule has 8 rings (SSSR count). The quantitative estimate of drug-likeness (QED) is 0.0404. The molecule has 1 aliphatic heterocycles. The lowest BCUT2D eigenvalue weighted by atomic mass is 9.98. The molecule has 2 N–H and O–H groups in total. The zero-order valence-corrected chi connectivity index (χ0v) is 48.4. The molecule has 1 fully saturated rings. The van der Waals surface area contributed by atoms with Crippen molar-refractivity contribution in [3.05, 3.63) is 120 Å². The number of rotatable bonds is 21. The summed E-state index contributed by atoms with van der Waals surface area (Å²) in [6.45, 7) is 28.5. The molecule has 2 aromatic heterocycles. The molecular weight excluding hydrogens is 973 g/mol. The Morgan fingerprint density at radius 2 is 1.43 bits per heavy atom. The van der Waals surface area contributed by atoms with Gasteiger partial charge in [0.15, 0.2) is 39.8 Å². The minimum atomic E-state index is -2.63. The van der Waals surface area contributed by atoms with Gasteiger partial charge in [-0.25, -0.2) is 24.7 Å². The van der Waals surface area contributed by atoms with E-state index in [0.29, 0.717) is 17.0 Å². The van der Waals surface area contributed by atoms with E-state index in [1.165, 1.54) is 6.33 Å². The van der Waals surface area contributed by atoms with Crippen molar-refractivity contribution < 1.29 is 27.9 Å². The Kier molecular flexibility index (Phi) is 17.2. The highest BCUT2D eigenvalue weighted by Gasteiger charge is 2.53. The minimum absolute atomic E-state index is 0.100. The van der Waals surface area contributed by atoms with Crippen molar-refractivity contribution in [3.63, 3.8) is 0 Å². The third kappa shape index (κ3) is 12.6. The fourth-order valence-electron chi connectivity index (χ4n) is 9.49. The maximum atomic E-state index is 15.4. The summed E-state index contributed by atoms with van der Waals surface area (Å²) in [5.41, 5.74) is 6.40. The van der Waals surface area contributed by atoms with Crippen LogP contribution in [-0.2, 0) is 29.5 Å². The van der Waals surface area contributed by atoms with E-state index >= 15 is 4.79 Å². The Morgan fingerprint density at radius 1 is 0.800 bits per heavy atom. The fraction of sp³-hybridized carbons (Fsp3) is 0.492. The van der Waals surface area contributed by atoms with Gasteiger partial charge in [0.2, 0.25) is 5.91 Å². The van der Waals surface area contributed by atoms with Crippen LogP contribution in [0.25, 0.3) is 33.1 Å². The first-order chi connectivity index (χ1) is 35.7. The lowest BCUT2D eigenvalue weighted by molar-refractivity contribution is -0.124. The van der Waals surface area contributed by atoms with Crippen molar-refractivity contribution in [2.75, 3.05) is 26.3 Å². The van der Waals surface area contributed by atoms with Crippen molar-refractivity contribution in [2.24, 2.45) is 4.99 Å². The first kappa shape index (κ1) is 55.4. The van der Waals surface area contributed by atoms with Gasteiger partial charge in [-0.3, -0.25) is 9.36 Å². The number of aliphatic imine (C=N–C) groups is 1. The van der Waals surface area contributed by atoms with Gasteiger partial charge in [-0.05, 0) is 87.7 Å². The Labute approximate surface area is 446 Å². The highest BCUT2D eigenvalue weighted by molar-refractivity contribution is 6.74. The van der Waals surface area contributed by atoms with Gasteiger partial charge in [-0.15, -0.1) is 0 Å². The maximum absolute atomic E-state index is 15.4. The Morgan fingerprint density at radius 3 is 2.07 bits per heavy atom. The van der Waals surface area contributed by atoms with Gasteiger partial charge >= 0.3 is 6.09 Å². The molecule has 2 amide bonds. The van der Waals surface area contributed by atoms with Crippen LogP contribution < -0.4 is 10.6 Å². The summed E-state index contributed by atoms with van der Waals surface area (Å²) < 4.78 is 29.6. The molecule has 0 bridgehead atoms. The first-order valence-electron chi connectivity index (χ1n) is 27.0. The van der Waals surface area contributed by atoms with Crippen LogP contribution in [0.5, 0.6) is 0 Å². The van der Waals surface area contributed by atoms with Gasteiger partial charge < -0.3 is 33.9 Å². The number of imidazole rings is 1. The van der Waals surface area contributed by atoms with Crippen molar-refractivity contribution >= 4 is 62.7 Å². The summed E-state index contributed by atoms with van der Waals surface area (Å²) in [6, 6.07) is 28.9. The molecule has 0 spiro atoms. The number of unbranched alkanes of at least 4 members (excludes halogenated alkanes) is 2. The first-order valence-corrected chi connectivity index (χ1v) is 32.8. The number of fused-ring (bicyclic) bond motifs is 5. The molecule has 0 unspecified atom stereocenters. The molecular formula is C59H80N8O6Si2. The van der Waals surface area contributed by atoms with E-state index in [1.54, 1.807) is 6.33 Å². The normalized spacial score (nSPS) is 18.6. The summed E-state index contributed by atoms with van der Waals surface area (Å²) in [7, 11) is -4.98. The number of carbonyl (C=O) groups excluding carboxylic acids is 2. The topological polar surface area (TPSA) is 154 Å². The molecule has 0 saturated carbocycles. The van der Waals surface area contributed by atoms with Gasteiger partial charge in [0, 0.05) is 25.4 Å². The predicted molar refractivity (Wildman–Crippen MR) is 306 cm³/mol. The van der Waals surface area contributed by atoms with Crippen molar-refractivity contribution in [1.29, 1.82) is 0 Å². The monoisotopic (exact) mass is 1050 g/mol. The SMILES string of the molecule is CCCCN(/C=N/c1ncnc2c1ncn2[C@@H]1O[C@H](CO[Si](C)(C)C(C)(C)C)[C@@H](NC(=O)[C@H](Cc2ccc3ccccc3c2)NC(=O)OCC2c3ccccc3-c3ccccc32)[C@H]1O[Si](C)(C)C(C)(C)C)CCCC. The second-order valence-corrected chi connectivity index (χ2v) is 33.0. The number of benzene rings is 4. The van der Waals surface area contributed by atoms with Crippen molar-refractivity contribution in [1.82, 2.24) is 35.1 Å². The van der Waals surface area contributed by atoms with Crippen molar-refractivity contribution in [3.8, 4) is 11.1 Å². The summed E-state index contributed by atoms with van der Waals surface area (Å²) in [5.74, 6) is -0.107. The van der Waals surface area contributed by atoms with E-state index in [-0.39, 0.29) is 35.6 Å².